The molecule has 0 aliphatic rings. The molecule has 2 rings (SSSR count). The highest BCUT2D eigenvalue weighted by Gasteiger charge is 2.21. The molecule has 0 aliphatic heterocycles. The van der Waals surface area contributed by atoms with Gasteiger partial charge in [0.1, 0.15) is 5.75 Å². The first kappa shape index (κ1) is 20.3. The first-order valence-electron chi connectivity index (χ1n) is 8.03. The molecule has 0 fully saturated rings. The van der Waals surface area contributed by atoms with E-state index < -0.39 is 47.7 Å². The maximum absolute atomic E-state index is 13.6. The molecule has 0 aromatic heterocycles. The average molecular weight is 381 g/mol. The van der Waals surface area contributed by atoms with Crippen LogP contribution in [0, 0.1) is 31.3 Å². The van der Waals surface area contributed by atoms with Gasteiger partial charge in [0.05, 0.1) is 5.69 Å². The van der Waals surface area contributed by atoms with Crippen molar-refractivity contribution < 1.29 is 32.2 Å². The van der Waals surface area contributed by atoms with Gasteiger partial charge < -0.3 is 14.8 Å². The SMILES string of the molecule is Cc1ccc(OCC(=O)O[C@H](C)C(=O)Nc2ccc(F)c(F)c2F)cc1C. The fourth-order valence-electron chi connectivity index (χ4n) is 2.09. The highest BCUT2D eigenvalue weighted by molar-refractivity contribution is 5.95. The first-order valence-corrected chi connectivity index (χ1v) is 8.03. The van der Waals surface area contributed by atoms with E-state index in [0.717, 1.165) is 17.2 Å². The zero-order valence-electron chi connectivity index (χ0n) is 14.9. The van der Waals surface area contributed by atoms with Gasteiger partial charge in [-0.15, -0.1) is 0 Å². The van der Waals surface area contributed by atoms with Crippen LogP contribution in [0.15, 0.2) is 30.3 Å². The minimum absolute atomic E-state index is 0.431. The Morgan fingerprint density at radius 3 is 2.41 bits per heavy atom. The molecule has 27 heavy (non-hydrogen) atoms. The summed E-state index contributed by atoms with van der Waals surface area (Å²) < 4.78 is 49.8. The number of carbonyl (C=O) groups is 2. The number of carbonyl (C=O) groups excluding carboxylic acids is 2. The van der Waals surface area contributed by atoms with Gasteiger partial charge in [0, 0.05) is 0 Å². The lowest BCUT2D eigenvalue weighted by Crippen LogP contribution is -2.32. The molecule has 8 heteroatoms. The fourth-order valence-corrected chi connectivity index (χ4v) is 2.09. The van der Waals surface area contributed by atoms with Gasteiger partial charge in [-0.3, -0.25) is 4.79 Å². The summed E-state index contributed by atoms with van der Waals surface area (Å²) in [7, 11) is 0. The zero-order chi connectivity index (χ0) is 20.1. The lowest BCUT2D eigenvalue weighted by atomic mass is 10.1. The highest BCUT2D eigenvalue weighted by atomic mass is 19.2. The molecule has 5 nitrogen and oxygen atoms in total. The Morgan fingerprint density at radius 2 is 1.74 bits per heavy atom. The van der Waals surface area contributed by atoms with Gasteiger partial charge in [-0.1, -0.05) is 6.07 Å². The Labute approximate surface area is 154 Å². The van der Waals surface area contributed by atoms with Crippen LogP contribution in [-0.4, -0.2) is 24.6 Å². The smallest absolute Gasteiger partial charge is 0.344 e. The molecule has 1 atom stereocenters. The molecular weight excluding hydrogens is 363 g/mol. The molecule has 0 spiro atoms. The number of aryl methyl sites for hydroxylation is 2. The second kappa shape index (κ2) is 8.57. The van der Waals surface area contributed by atoms with E-state index in [9.17, 15) is 22.8 Å². The second-order valence-corrected chi connectivity index (χ2v) is 5.88. The Morgan fingerprint density at radius 1 is 1.04 bits per heavy atom. The van der Waals surface area contributed by atoms with Gasteiger partial charge in [-0.05, 0) is 56.2 Å². The lowest BCUT2D eigenvalue weighted by Gasteiger charge is -2.14. The van der Waals surface area contributed by atoms with Crippen LogP contribution in [0.4, 0.5) is 18.9 Å². The van der Waals surface area contributed by atoms with Gasteiger partial charge in [0.2, 0.25) is 0 Å². The quantitative estimate of drug-likeness (QED) is 0.613. The number of halogens is 3. The van der Waals surface area contributed by atoms with E-state index in [-0.39, 0.29) is 0 Å². The van der Waals surface area contributed by atoms with Crippen LogP contribution in [0.1, 0.15) is 18.1 Å². The molecular formula is C19H18F3NO4. The van der Waals surface area contributed by atoms with Gasteiger partial charge in [0.15, 0.2) is 30.2 Å². The molecule has 2 aromatic rings. The molecule has 2 aromatic carbocycles. The number of nitrogens with one attached hydrogen (secondary N) is 1. The van der Waals surface area contributed by atoms with Crippen molar-refractivity contribution in [1.82, 2.24) is 0 Å². The first-order chi connectivity index (χ1) is 12.7. The molecule has 0 unspecified atom stereocenters. The van der Waals surface area contributed by atoms with Gasteiger partial charge in [0.25, 0.3) is 5.91 Å². The molecule has 0 aliphatic carbocycles. The van der Waals surface area contributed by atoms with E-state index in [2.05, 4.69) is 0 Å². The third-order valence-corrected chi connectivity index (χ3v) is 3.81. The van der Waals surface area contributed by atoms with Crippen LogP contribution in [0.5, 0.6) is 5.75 Å². The Bertz CT molecular complexity index is 870. The van der Waals surface area contributed by atoms with Crippen molar-refractivity contribution in [2.75, 3.05) is 11.9 Å². The summed E-state index contributed by atoms with van der Waals surface area (Å²) >= 11 is 0. The fraction of sp³-hybridized carbons (Fsp3) is 0.263. The topological polar surface area (TPSA) is 64.6 Å². The third kappa shape index (κ3) is 5.22. The Balaban J connectivity index is 1.89. The summed E-state index contributed by atoms with van der Waals surface area (Å²) in [6.07, 6.45) is -1.30. The predicted octanol–water partition coefficient (Wildman–Crippen LogP) is 3.67. The van der Waals surface area contributed by atoms with Crippen LogP contribution in [-0.2, 0) is 14.3 Å². The monoisotopic (exact) mass is 381 g/mol. The lowest BCUT2D eigenvalue weighted by molar-refractivity contribution is -0.155. The van der Waals surface area contributed by atoms with Crippen LogP contribution >= 0.6 is 0 Å². The van der Waals surface area contributed by atoms with Crippen molar-refractivity contribution >= 4 is 17.6 Å². The minimum atomic E-state index is -1.71. The highest BCUT2D eigenvalue weighted by Crippen LogP contribution is 2.20. The van der Waals surface area contributed by atoms with E-state index in [1.165, 1.54) is 6.92 Å². The summed E-state index contributed by atoms with van der Waals surface area (Å²) in [6.45, 7) is 4.65. The van der Waals surface area contributed by atoms with Gasteiger partial charge in [-0.25, -0.2) is 18.0 Å². The molecule has 0 saturated carbocycles. The Hall–Kier alpha value is -3.03. The van der Waals surface area contributed by atoms with Crippen molar-refractivity contribution in [2.24, 2.45) is 0 Å². The number of rotatable bonds is 6. The van der Waals surface area contributed by atoms with Crippen molar-refractivity contribution in [1.29, 1.82) is 0 Å². The second-order valence-electron chi connectivity index (χ2n) is 5.88. The van der Waals surface area contributed by atoms with E-state index in [1.54, 1.807) is 12.1 Å². The van der Waals surface area contributed by atoms with E-state index in [4.69, 9.17) is 9.47 Å². The third-order valence-electron chi connectivity index (χ3n) is 3.81. The molecule has 1 N–H and O–H groups in total. The molecule has 144 valence electrons. The van der Waals surface area contributed by atoms with Gasteiger partial charge in [-0.2, -0.15) is 0 Å². The minimum Gasteiger partial charge on any atom is -0.482 e. The summed E-state index contributed by atoms with van der Waals surface area (Å²) in [4.78, 5) is 23.7. The molecule has 0 heterocycles. The number of hydrogen-bond acceptors (Lipinski definition) is 4. The van der Waals surface area contributed by atoms with E-state index in [0.29, 0.717) is 11.8 Å². The molecule has 0 saturated heterocycles. The van der Waals surface area contributed by atoms with Crippen LogP contribution < -0.4 is 10.1 Å². The maximum Gasteiger partial charge on any atom is 0.344 e. The zero-order valence-corrected chi connectivity index (χ0v) is 14.9. The van der Waals surface area contributed by atoms with Crippen molar-refractivity contribution in [2.45, 2.75) is 26.9 Å². The summed E-state index contributed by atoms with van der Waals surface area (Å²) in [5.74, 6) is -5.88. The summed E-state index contributed by atoms with van der Waals surface area (Å²) in [5.41, 5.74) is 1.50. The number of ether oxygens (including phenoxy) is 2. The number of anilines is 1. The number of esters is 1. The summed E-state index contributed by atoms with van der Waals surface area (Å²) in [6, 6.07) is 6.82. The average Bonchev–Trinajstić information content (AvgIpc) is 2.63. The van der Waals surface area contributed by atoms with Crippen molar-refractivity contribution in [3.8, 4) is 5.75 Å². The number of amides is 1. The van der Waals surface area contributed by atoms with E-state index in [1.807, 2.05) is 25.2 Å². The normalized spacial score (nSPS) is 11.6. The predicted molar refractivity (Wildman–Crippen MR) is 91.9 cm³/mol. The van der Waals surface area contributed by atoms with Crippen molar-refractivity contribution in [3.63, 3.8) is 0 Å². The van der Waals surface area contributed by atoms with Crippen LogP contribution in [0.2, 0.25) is 0 Å². The standard InChI is InChI=1S/C19H18F3NO4/c1-10-4-5-13(8-11(10)2)26-9-16(24)27-12(3)19(25)23-15-7-6-14(20)17(21)18(15)22/h4-8,12H,9H2,1-3H3,(H,23,25)/t12-/m1/s1. The van der Waals surface area contributed by atoms with E-state index >= 15 is 0 Å². The van der Waals surface area contributed by atoms with Crippen molar-refractivity contribution in [3.05, 3.63) is 58.9 Å². The van der Waals surface area contributed by atoms with Crippen LogP contribution in [0.25, 0.3) is 0 Å². The largest absolute Gasteiger partial charge is 0.482 e. The van der Waals surface area contributed by atoms with Gasteiger partial charge >= 0.3 is 5.97 Å². The molecule has 0 radical (unpaired) electrons. The maximum atomic E-state index is 13.6. The molecule has 1 amide bonds. The number of hydrogen-bond donors (Lipinski definition) is 1. The number of benzene rings is 2. The summed E-state index contributed by atoms with van der Waals surface area (Å²) in [5, 5.41) is 2.03. The van der Waals surface area contributed by atoms with Crippen LogP contribution in [0.3, 0.4) is 0 Å². The molecule has 0 bridgehead atoms. The Kier molecular flexibility index (Phi) is 6.44.